The number of hydrogen-bond donors (Lipinski definition) is 1. The smallest absolute Gasteiger partial charge is 0.339 e. The zero-order valence-electron chi connectivity index (χ0n) is 12.5. The highest BCUT2D eigenvalue weighted by molar-refractivity contribution is 5.94. The number of benzene rings is 1. The van der Waals surface area contributed by atoms with Crippen LogP contribution in [0.15, 0.2) is 18.2 Å². The molecule has 2 fully saturated rings. The van der Waals surface area contributed by atoms with E-state index in [1.807, 2.05) is 0 Å². The summed E-state index contributed by atoms with van der Waals surface area (Å²) >= 11 is 0. The van der Waals surface area contributed by atoms with Gasteiger partial charge in [0.1, 0.15) is 5.82 Å². The minimum atomic E-state index is -4.80. The van der Waals surface area contributed by atoms with Gasteiger partial charge in [0.05, 0.1) is 5.56 Å². The molecule has 2 aliphatic rings. The van der Waals surface area contributed by atoms with Crippen molar-refractivity contribution in [3.8, 4) is 0 Å². The molecule has 3 rings (SSSR count). The number of likely N-dealkylation sites (tertiary alicyclic amines) is 1. The van der Waals surface area contributed by atoms with Gasteiger partial charge < -0.3 is 10.2 Å². The minimum absolute atomic E-state index is 0.107. The molecule has 0 aliphatic carbocycles. The fourth-order valence-corrected chi connectivity index (χ4v) is 3.48. The summed E-state index contributed by atoms with van der Waals surface area (Å²) in [4.78, 5) is 14.1. The van der Waals surface area contributed by atoms with Gasteiger partial charge in [-0.3, -0.25) is 4.79 Å². The predicted octanol–water partition coefficient (Wildman–Crippen LogP) is 2.92. The Labute approximate surface area is 131 Å². The summed E-state index contributed by atoms with van der Waals surface area (Å²) in [5, 5.41) is 3.33. The maximum absolute atomic E-state index is 13.3. The van der Waals surface area contributed by atoms with Gasteiger partial charge in [-0.05, 0) is 56.0 Å². The van der Waals surface area contributed by atoms with Crippen molar-refractivity contribution in [2.45, 2.75) is 19.0 Å². The maximum atomic E-state index is 13.3. The SMILES string of the molecule is O=C(c1ccc(F)c(C(F)(F)F)c1)N1CC[C@@H]2CNC[C@@H]2CC1. The third-order valence-corrected chi connectivity index (χ3v) is 4.83. The zero-order valence-corrected chi connectivity index (χ0v) is 12.5. The molecule has 126 valence electrons. The average molecular weight is 330 g/mol. The number of halogens is 4. The van der Waals surface area contributed by atoms with E-state index in [1.165, 1.54) is 0 Å². The van der Waals surface area contributed by atoms with Gasteiger partial charge in [0, 0.05) is 18.7 Å². The van der Waals surface area contributed by atoms with Crippen molar-refractivity contribution in [2.75, 3.05) is 26.2 Å². The highest BCUT2D eigenvalue weighted by atomic mass is 19.4. The first-order valence-corrected chi connectivity index (χ1v) is 7.73. The molecular weight excluding hydrogens is 312 g/mol. The van der Waals surface area contributed by atoms with E-state index in [9.17, 15) is 22.4 Å². The third kappa shape index (κ3) is 3.34. The second kappa shape index (κ2) is 6.11. The molecule has 0 aromatic heterocycles. The molecule has 1 aromatic carbocycles. The van der Waals surface area contributed by atoms with Crippen molar-refractivity contribution in [3.63, 3.8) is 0 Å². The number of hydrogen-bond acceptors (Lipinski definition) is 2. The molecule has 3 nitrogen and oxygen atoms in total. The highest BCUT2D eigenvalue weighted by Gasteiger charge is 2.36. The van der Waals surface area contributed by atoms with Gasteiger partial charge in [0.25, 0.3) is 5.91 Å². The summed E-state index contributed by atoms with van der Waals surface area (Å²) in [5.41, 5.74) is -1.50. The number of fused-ring (bicyclic) bond motifs is 1. The molecule has 1 N–H and O–H groups in total. The van der Waals surface area contributed by atoms with Crippen molar-refractivity contribution in [1.29, 1.82) is 0 Å². The average Bonchev–Trinajstić information content (AvgIpc) is 2.85. The molecule has 0 spiro atoms. The number of carbonyl (C=O) groups is 1. The van der Waals surface area contributed by atoms with Crippen LogP contribution in [0.4, 0.5) is 17.6 Å². The second-order valence-corrected chi connectivity index (χ2v) is 6.24. The van der Waals surface area contributed by atoms with E-state index in [-0.39, 0.29) is 5.56 Å². The molecule has 0 unspecified atom stereocenters. The summed E-state index contributed by atoms with van der Waals surface area (Å²) < 4.78 is 51.7. The molecule has 0 radical (unpaired) electrons. The number of carbonyl (C=O) groups excluding carboxylic acids is 1. The van der Waals surface area contributed by atoms with E-state index >= 15 is 0 Å². The Kier molecular flexibility index (Phi) is 4.31. The van der Waals surface area contributed by atoms with E-state index in [2.05, 4.69) is 5.32 Å². The molecule has 2 aliphatic heterocycles. The Morgan fingerprint density at radius 3 is 2.30 bits per heavy atom. The van der Waals surface area contributed by atoms with E-state index < -0.39 is 23.5 Å². The number of alkyl halides is 3. The molecule has 0 saturated carbocycles. The lowest BCUT2D eigenvalue weighted by Crippen LogP contribution is -2.33. The lowest BCUT2D eigenvalue weighted by atomic mass is 9.92. The van der Waals surface area contributed by atoms with E-state index in [0.29, 0.717) is 37.1 Å². The maximum Gasteiger partial charge on any atom is 0.419 e. The predicted molar refractivity (Wildman–Crippen MR) is 76.4 cm³/mol. The first-order valence-electron chi connectivity index (χ1n) is 7.73. The zero-order chi connectivity index (χ0) is 16.6. The van der Waals surface area contributed by atoms with E-state index in [1.54, 1.807) is 4.90 Å². The van der Waals surface area contributed by atoms with Gasteiger partial charge in [-0.15, -0.1) is 0 Å². The Morgan fingerprint density at radius 2 is 1.74 bits per heavy atom. The Bertz CT molecular complexity index is 588. The van der Waals surface area contributed by atoms with Crippen LogP contribution in [0.25, 0.3) is 0 Å². The van der Waals surface area contributed by atoms with Crippen LogP contribution in [0.1, 0.15) is 28.8 Å². The fourth-order valence-electron chi connectivity index (χ4n) is 3.48. The molecule has 7 heteroatoms. The van der Waals surface area contributed by atoms with Gasteiger partial charge >= 0.3 is 6.18 Å². The van der Waals surface area contributed by atoms with Crippen LogP contribution in [0.3, 0.4) is 0 Å². The monoisotopic (exact) mass is 330 g/mol. The van der Waals surface area contributed by atoms with Crippen LogP contribution in [0, 0.1) is 17.7 Å². The lowest BCUT2D eigenvalue weighted by molar-refractivity contribution is -0.140. The van der Waals surface area contributed by atoms with Crippen molar-refractivity contribution < 1.29 is 22.4 Å². The van der Waals surface area contributed by atoms with Gasteiger partial charge in [0.15, 0.2) is 0 Å². The summed E-state index contributed by atoms with van der Waals surface area (Å²) in [6, 6.07) is 2.46. The summed E-state index contributed by atoms with van der Waals surface area (Å²) in [6.07, 6.45) is -3.12. The summed E-state index contributed by atoms with van der Waals surface area (Å²) in [5.74, 6) is -0.771. The second-order valence-electron chi connectivity index (χ2n) is 6.24. The van der Waals surface area contributed by atoms with Crippen LogP contribution in [0.2, 0.25) is 0 Å². The Balaban J connectivity index is 1.78. The normalized spacial score (nSPS) is 25.1. The van der Waals surface area contributed by atoms with Crippen molar-refractivity contribution >= 4 is 5.91 Å². The molecule has 2 saturated heterocycles. The van der Waals surface area contributed by atoms with Crippen molar-refractivity contribution in [1.82, 2.24) is 10.2 Å². The molecule has 23 heavy (non-hydrogen) atoms. The van der Waals surface area contributed by atoms with Crippen molar-refractivity contribution in [2.24, 2.45) is 11.8 Å². The van der Waals surface area contributed by atoms with Gasteiger partial charge in [0.2, 0.25) is 0 Å². The van der Waals surface area contributed by atoms with Crippen LogP contribution in [0.5, 0.6) is 0 Å². The van der Waals surface area contributed by atoms with Crippen LogP contribution < -0.4 is 5.32 Å². The molecule has 0 bridgehead atoms. The van der Waals surface area contributed by atoms with Gasteiger partial charge in [-0.1, -0.05) is 0 Å². The first-order chi connectivity index (χ1) is 10.9. The molecule has 2 heterocycles. The van der Waals surface area contributed by atoms with Crippen LogP contribution in [-0.4, -0.2) is 37.0 Å². The molecule has 1 amide bonds. The summed E-state index contributed by atoms with van der Waals surface area (Å²) in [7, 11) is 0. The molecule has 1 aromatic rings. The van der Waals surface area contributed by atoms with Crippen molar-refractivity contribution in [3.05, 3.63) is 35.1 Å². The minimum Gasteiger partial charge on any atom is -0.339 e. The Morgan fingerprint density at radius 1 is 1.13 bits per heavy atom. The standard InChI is InChI=1S/C16H18F4N2O/c17-14-2-1-10(7-13(14)16(18,19)20)15(23)22-5-3-11-8-21-9-12(11)4-6-22/h1-2,7,11-12,21H,3-6,8-9H2/t11-,12+. The highest BCUT2D eigenvalue weighted by Crippen LogP contribution is 2.33. The number of nitrogens with zero attached hydrogens (tertiary/aromatic N) is 1. The topological polar surface area (TPSA) is 32.3 Å². The van der Waals surface area contributed by atoms with E-state index in [0.717, 1.165) is 32.0 Å². The molecular formula is C16H18F4N2O. The van der Waals surface area contributed by atoms with Crippen LogP contribution in [-0.2, 0) is 6.18 Å². The Hall–Kier alpha value is -1.63. The third-order valence-electron chi connectivity index (χ3n) is 4.83. The largest absolute Gasteiger partial charge is 0.419 e. The number of amides is 1. The van der Waals surface area contributed by atoms with Gasteiger partial charge in [-0.25, -0.2) is 4.39 Å². The first kappa shape index (κ1) is 16.2. The lowest BCUT2D eigenvalue weighted by Gasteiger charge is -2.21. The van der Waals surface area contributed by atoms with E-state index in [4.69, 9.17) is 0 Å². The fraction of sp³-hybridized carbons (Fsp3) is 0.562. The van der Waals surface area contributed by atoms with Crippen LogP contribution >= 0.6 is 0 Å². The molecule has 2 atom stereocenters. The summed E-state index contributed by atoms with van der Waals surface area (Å²) in [6.45, 7) is 2.92. The number of nitrogens with one attached hydrogen (secondary N) is 1. The quantitative estimate of drug-likeness (QED) is 0.803. The van der Waals surface area contributed by atoms with Gasteiger partial charge in [-0.2, -0.15) is 13.2 Å². The number of rotatable bonds is 1.